The third-order valence-electron chi connectivity index (χ3n) is 5.38. The highest BCUT2D eigenvalue weighted by Crippen LogP contribution is 2.26. The topological polar surface area (TPSA) is 151 Å². The summed E-state index contributed by atoms with van der Waals surface area (Å²) in [6, 6.07) is 0. The maximum atomic E-state index is 12.8. The Morgan fingerprint density at radius 2 is 1.40 bits per heavy atom. The number of aryl methyl sites for hydroxylation is 2. The maximum Gasteiger partial charge on any atom is 0.410 e. The van der Waals surface area contributed by atoms with Crippen LogP contribution in [-0.2, 0) is 50.0 Å². The summed E-state index contributed by atoms with van der Waals surface area (Å²) in [6.45, 7) is 7.11. The van der Waals surface area contributed by atoms with Crippen molar-refractivity contribution in [2.45, 2.75) is 89.3 Å². The van der Waals surface area contributed by atoms with Crippen LogP contribution < -0.4 is 0 Å². The molecule has 4 rings (SSSR count). The minimum atomic E-state index is -4.13. The standard InChI is InChI=1S/C16H21F2N5O4S.C6H7ClF2N2O2S/c1-10-5-22(9-13(17)18)20-14(10)28(25,26)23-7-11-6-21(8-12(11)19-23)15(24)27-16(2,3)4;1-4-2-11(3-5(8)9)10-6(4)14(7,12)13/h5,7,13H,6,8-9H2,1-4H3;2,5H,3H2,1H3. The number of ether oxygens (including phenoxy) is 1. The van der Waals surface area contributed by atoms with Crippen molar-refractivity contribution in [1.29, 1.82) is 0 Å². The predicted octanol–water partition coefficient (Wildman–Crippen LogP) is 3.52. The lowest BCUT2D eigenvalue weighted by atomic mass is 10.2. The number of amides is 1. The molecule has 4 heterocycles. The SMILES string of the molecule is Cc1cn(CC(F)F)nc1S(=O)(=O)Cl.Cc1cn(CC(F)F)nc1S(=O)(=O)n1cc2c(n1)CN(C(=O)OC(C)(C)C)C2. The number of rotatable bonds is 7. The highest BCUT2D eigenvalue weighted by Gasteiger charge is 2.33. The molecule has 1 amide bonds. The predicted molar refractivity (Wildman–Crippen MR) is 139 cm³/mol. The van der Waals surface area contributed by atoms with Gasteiger partial charge in [0.25, 0.3) is 21.9 Å². The molecule has 3 aromatic rings. The summed E-state index contributed by atoms with van der Waals surface area (Å²) in [4.78, 5) is 13.6. The molecular weight excluding hydrogens is 634 g/mol. The molecule has 20 heteroatoms. The molecule has 0 fully saturated rings. The first-order chi connectivity index (χ1) is 19.2. The van der Waals surface area contributed by atoms with Gasteiger partial charge in [-0.2, -0.15) is 27.8 Å². The van der Waals surface area contributed by atoms with Gasteiger partial charge in [0, 0.05) is 46.0 Å². The Morgan fingerprint density at radius 1 is 0.905 bits per heavy atom. The fourth-order valence-corrected chi connectivity index (χ4v) is 6.18. The van der Waals surface area contributed by atoms with Gasteiger partial charge in [-0.05, 0) is 34.6 Å². The van der Waals surface area contributed by atoms with Gasteiger partial charge in [0.15, 0.2) is 5.03 Å². The molecule has 0 bridgehead atoms. The summed E-state index contributed by atoms with van der Waals surface area (Å²) in [7, 11) is -3.07. The highest BCUT2D eigenvalue weighted by molar-refractivity contribution is 8.13. The van der Waals surface area contributed by atoms with Crippen LogP contribution in [-0.4, -0.2) is 75.0 Å². The number of hydrogen-bond acceptors (Lipinski definition) is 9. The van der Waals surface area contributed by atoms with E-state index in [1.807, 2.05) is 0 Å². The lowest BCUT2D eigenvalue weighted by Crippen LogP contribution is -2.33. The molecule has 13 nitrogen and oxygen atoms in total. The van der Waals surface area contributed by atoms with E-state index in [0.717, 1.165) is 13.5 Å². The van der Waals surface area contributed by atoms with E-state index in [1.54, 1.807) is 20.8 Å². The largest absolute Gasteiger partial charge is 0.444 e. The minimum absolute atomic E-state index is 0.117. The van der Waals surface area contributed by atoms with Gasteiger partial charge in [-0.1, -0.05) is 0 Å². The molecule has 0 aromatic carbocycles. The molecule has 42 heavy (non-hydrogen) atoms. The molecule has 0 saturated heterocycles. The van der Waals surface area contributed by atoms with Gasteiger partial charge in [0.05, 0.1) is 18.8 Å². The van der Waals surface area contributed by atoms with Crippen molar-refractivity contribution in [2.75, 3.05) is 0 Å². The van der Waals surface area contributed by atoms with Crippen LogP contribution in [0.25, 0.3) is 0 Å². The fraction of sp³-hybridized carbons (Fsp3) is 0.545. The molecule has 0 radical (unpaired) electrons. The Morgan fingerprint density at radius 3 is 1.83 bits per heavy atom. The van der Waals surface area contributed by atoms with Gasteiger partial charge in [0.1, 0.15) is 18.7 Å². The zero-order chi connectivity index (χ0) is 31.8. The Kier molecular flexibility index (Phi) is 9.67. The number of carbonyl (C=O) groups is 1. The number of nitrogens with zero attached hydrogens (tertiary/aromatic N) is 7. The van der Waals surface area contributed by atoms with Crippen LogP contribution >= 0.6 is 10.7 Å². The average Bonchev–Trinajstić information content (AvgIpc) is 3.54. The van der Waals surface area contributed by atoms with Gasteiger partial charge >= 0.3 is 16.1 Å². The number of halogens is 5. The molecule has 0 N–H and O–H groups in total. The number of aromatic nitrogens is 6. The van der Waals surface area contributed by atoms with Crippen molar-refractivity contribution >= 4 is 35.8 Å². The van der Waals surface area contributed by atoms with Crippen LogP contribution in [0.3, 0.4) is 0 Å². The van der Waals surface area contributed by atoms with Gasteiger partial charge in [0.2, 0.25) is 5.03 Å². The average molecular weight is 662 g/mol. The molecule has 0 aliphatic carbocycles. The number of carbonyl (C=O) groups excluding carboxylic acids is 1. The zero-order valence-corrected chi connectivity index (χ0v) is 25.4. The van der Waals surface area contributed by atoms with Crippen LogP contribution in [0.2, 0.25) is 0 Å². The van der Waals surface area contributed by atoms with Crippen LogP contribution in [0, 0.1) is 13.8 Å². The third-order valence-corrected chi connectivity index (χ3v) is 8.26. The summed E-state index contributed by atoms with van der Waals surface area (Å²) in [5, 5.41) is 10.6. The van der Waals surface area contributed by atoms with Crippen molar-refractivity contribution in [2.24, 2.45) is 0 Å². The second-order valence-electron chi connectivity index (χ2n) is 10.2. The number of hydrogen-bond donors (Lipinski definition) is 0. The Bertz CT molecular complexity index is 1640. The van der Waals surface area contributed by atoms with Gasteiger partial charge in [-0.3, -0.25) is 14.3 Å². The lowest BCUT2D eigenvalue weighted by molar-refractivity contribution is 0.0239. The summed E-state index contributed by atoms with van der Waals surface area (Å²) in [6.07, 6.45) is -1.98. The monoisotopic (exact) mass is 661 g/mol. The summed E-state index contributed by atoms with van der Waals surface area (Å²) >= 11 is 0. The van der Waals surface area contributed by atoms with E-state index in [0.29, 0.717) is 11.3 Å². The quantitative estimate of drug-likeness (QED) is 0.274. The first kappa shape index (κ1) is 33.3. The minimum Gasteiger partial charge on any atom is -0.444 e. The van der Waals surface area contributed by atoms with Crippen molar-refractivity contribution in [3.63, 3.8) is 0 Å². The van der Waals surface area contributed by atoms with E-state index in [4.69, 9.17) is 15.4 Å². The molecule has 1 aliphatic heterocycles. The molecule has 234 valence electrons. The van der Waals surface area contributed by atoms with E-state index in [2.05, 4.69) is 15.3 Å². The Hall–Kier alpha value is -3.19. The molecule has 0 atom stereocenters. The van der Waals surface area contributed by atoms with E-state index >= 15 is 0 Å². The first-order valence-corrected chi connectivity index (χ1v) is 15.8. The summed E-state index contributed by atoms with van der Waals surface area (Å²) < 4.78 is 104. The van der Waals surface area contributed by atoms with Gasteiger partial charge in [-0.25, -0.2) is 30.8 Å². The lowest BCUT2D eigenvalue weighted by Gasteiger charge is -2.24. The second-order valence-corrected chi connectivity index (χ2v) is 14.4. The van der Waals surface area contributed by atoms with E-state index in [9.17, 15) is 39.2 Å². The summed E-state index contributed by atoms with van der Waals surface area (Å²) in [5.74, 6) is 0. The number of alkyl halides is 4. The Balaban J connectivity index is 0.000000291. The Labute approximate surface area is 243 Å². The second kappa shape index (κ2) is 12.2. The molecule has 3 aromatic heterocycles. The van der Waals surface area contributed by atoms with Crippen molar-refractivity contribution < 1.29 is 43.9 Å². The third kappa shape index (κ3) is 8.21. The zero-order valence-electron chi connectivity index (χ0n) is 23.0. The van der Waals surface area contributed by atoms with E-state index in [1.165, 1.54) is 37.3 Å². The van der Waals surface area contributed by atoms with E-state index in [-0.39, 0.29) is 34.3 Å². The van der Waals surface area contributed by atoms with Crippen LogP contribution in [0.5, 0.6) is 0 Å². The van der Waals surface area contributed by atoms with Crippen molar-refractivity contribution in [3.8, 4) is 0 Å². The molecular formula is C22H28ClF4N7O6S2. The van der Waals surface area contributed by atoms with Crippen molar-refractivity contribution in [3.05, 3.63) is 41.0 Å². The smallest absolute Gasteiger partial charge is 0.410 e. The van der Waals surface area contributed by atoms with Gasteiger partial charge < -0.3 is 4.74 Å². The molecule has 0 saturated carbocycles. The molecule has 0 unspecified atom stereocenters. The highest BCUT2D eigenvalue weighted by atomic mass is 35.7. The van der Waals surface area contributed by atoms with E-state index < -0.39 is 56.7 Å². The maximum absolute atomic E-state index is 12.8. The molecule has 0 spiro atoms. The van der Waals surface area contributed by atoms with Crippen LogP contribution in [0.15, 0.2) is 28.6 Å². The van der Waals surface area contributed by atoms with Crippen LogP contribution in [0.4, 0.5) is 22.4 Å². The summed E-state index contributed by atoms with van der Waals surface area (Å²) in [5.41, 5.74) is 0.847. The fourth-order valence-electron chi connectivity index (χ4n) is 3.77. The first-order valence-electron chi connectivity index (χ1n) is 12.1. The number of fused-ring (bicyclic) bond motifs is 1. The normalized spacial score (nSPS) is 13.9. The van der Waals surface area contributed by atoms with Crippen molar-refractivity contribution in [1.82, 2.24) is 33.6 Å². The molecule has 1 aliphatic rings. The van der Waals surface area contributed by atoms with Crippen LogP contribution in [0.1, 0.15) is 43.2 Å². The van der Waals surface area contributed by atoms with Gasteiger partial charge in [-0.15, -0.1) is 0 Å².